The van der Waals surface area contributed by atoms with Crippen LogP contribution < -0.4 is 0 Å². The van der Waals surface area contributed by atoms with Crippen molar-refractivity contribution in [3.8, 4) is 0 Å². The van der Waals surface area contributed by atoms with Crippen molar-refractivity contribution >= 4 is 17.9 Å². The van der Waals surface area contributed by atoms with Gasteiger partial charge in [-0.25, -0.2) is 4.79 Å². The highest BCUT2D eigenvalue weighted by molar-refractivity contribution is 5.83. The lowest BCUT2D eigenvalue weighted by atomic mass is 9.74. The molecule has 294 valence electrons. The van der Waals surface area contributed by atoms with Crippen LogP contribution >= 0.6 is 0 Å². The monoisotopic (exact) mass is 744 g/mol. The van der Waals surface area contributed by atoms with Crippen molar-refractivity contribution in [3.63, 3.8) is 0 Å². The Labute approximate surface area is 311 Å². The molecule has 13 heteroatoms. The maximum absolute atomic E-state index is 13.5. The van der Waals surface area contributed by atoms with Gasteiger partial charge in [0.05, 0.1) is 63.4 Å². The molecule has 4 aliphatic heterocycles. The van der Waals surface area contributed by atoms with Crippen molar-refractivity contribution in [1.29, 1.82) is 0 Å². The molecular formula is C40H56O13. The normalized spacial score (nSPS) is 35.4. The summed E-state index contributed by atoms with van der Waals surface area (Å²) < 4.78 is 48.0. The fourth-order valence-electron chi connectivity index (χ4n) is 7.51. The summed E-state index contributed by atoms with van der Waals surface area (Å²) in [5.41, 5.74) is -0.114. The lowest BCUT2D eigenvalue weighted by Gasteiger charge is -2.51. The number of methoxy groups -OCH3 is 1. The van der Waals surface area contributed by atoms with Gasteiger partial charge in [0.1, 0.15) is 6.10 Å². The highest BCUT2D eigenvalue weighted by Gasteiger charge is 2.57. The van der Waals surface area contributed by atoms with Gasteiger partial charge in [-0.3, -0.25) is 9.59 Å². The zero-order chi connectivity index (χ0) is 38.2. The SMILES string of the molecule is COC(=O)C=C1C[C@H]2C[C@H]([C@@H](C)OCc3ccccc3)OC(=O)C[C@H](O)C[C@@H]3CCC[C@H](C[C@@H]4CCO[C@H](C=CC(C)(C)[C@](O)(O2)[C@H]1OC(C)=O)O4)O3. The second kappa shape index (κ2) is 18.4. The molecule has 3 fully saturated rings. The van der Waals surface area contributed by atoms with E-state index < -0.39 is 65.9 Å². The largest absolute Gasteiger partial charge is 0.466 e. The predicted octanol–water partition coefficient (Wildman–Crippen LogP) is 4.60. The summed E-state index contributed by atoms with van der Waals surface area (Å²) in [6, 6.07) is 9.54. The van der Waals surface area contributed by atoms with E-state index in [1.165, 1.54) is 20.1 Å². The van der Waals surface area contributed by atoms with Crippen molar-refractivity contribution in [2.75, 3.05) is 13.7 Å². The van der Waals surface area contributed by atoms with E-state index in [1.54, 1.807) is 32.9 Å². The first-order valence-electron chi connectivity index (χ1n) is 18.8. The molecule has 1 aromatic rings. The number of rotatable bonds is 6. The predicted molar refractivity (Wildman–Crippen MR) is 190 cm³/mol. The van der Waals surface area contributed by atoms with Crippen LogP contribution in [0.1, 0.15) is 91.0 Å². The number of aliphatic hydroxyl groups is 2. The minimum atomic E-state index is -2.24. The molecule has 0 radical (unpaired) electrons. The molecule has 5 rings (SSSR count). The Morgan fingerprint density at radius 2 is 1.72 bits per heavy atom. The Morgan fingerprint density at radius 3 is 2.43 bits per heavy atom. The van der Waals surface area contributed by atoms with Gasteiger partial charge in [-0.15, -0.1) is 0 Å². The number of benzene rings is 1. The van der Waals surface area contributed by atoms with Gasteiger partial charge in [-0.1, -0.05) is 50.3 Å². The van der Waals surface area contributed by atoms with E-state index in [0.717, 1.165) is 24.8 Å². The van der Waals surface area contributed by atoms with Crippen LogP contribution in [0.4, 0.5) is 0 Å². The van der Waals surface area contributed by atoms with Gasteiger partial charge in [0, 0.05) is 31.3 Å². The summed E-state index contributed by atoms with van der Waals surface area (Å²) in [6.45, 7) is 7.10. The Bertz CT molecular complexity index is 1440. The molecule has 0 spiro atoms. The second-order valence-corrected chi connectivity index (χ2v) is 15.1. The molecule has 13 nitrogen and oxygen atoms in total. The first-order chi connectivity index (χ1) is 25.2. The van der Waals surface area contributed by atoms with E-state index in [2.05, 4.69) is 0 Å². The minimum Gasteiger partial charge on any atom is -0.466 e. The van der Waals surface area contributed by atoms with E-state index >= 15 is 0 Å². The van der Waals surface area contributed by atoms with Gasteiger partial charge in [-0.05, 0) is 62.7 Å². The van der Waals surface area contributed by atoms with Crippen LogP contribution in [-0.2, 0) is 58.9 Å². The van der Waals surface area contributed by atoms with Crippen LogP contribution in [0.5, 0.6) is 0 Å². The van der Waals surface area contributed by atoms with Crippen molar-refractivity contribution in [2.45, 2.75) is 153 Å². The maximum atomic E-state index is 13.5. The zero-order valence-electron chi connectivity index (χ0n) is 31.5. The molecule has 0 amide bonds. The van der Waals surface area contributed by atoms with Crippen LogP contribution in [0, 0.1) is 5.41 Å². The van der Waals surface area contributed by atoms with Gasteiger partial charge in [0.25, 0.3) is 0 Å². The Balaban J connectivity index is 1.51. The van der Waals surface area contributed by atoms with Crippen LogP contribution in [0.25, 0.3) is 0 Å². The molecule has 53 heavy (non-hydrogen) atoms. The van der Waals surface area contributed by atoms with Crippen LogP contribution in [0.3, 0.4) is 0 Å². The summed E-state index contributed by atoms with van der Waals surface area (Å²) in [4.78, 5) is 38.6. The van der Waals surface area contributed by atoms with Crippen molar-refractivity contribution < 1.29 is 62.5 Å². The lowest BCUT2D eigenvalue weighted by molar-refractivity contribution is -0.327. The van der Waals surface area contributed by atoms with E-state index in [-0.39, 0.29) is 56.2 Å². The molecule has 3 saturated heterocycles. The topological polar surface area (TPSA) is 166 Å². The summed E-state index contributed by atoms with van der Waals surface area (Å²) in [5, 5.41) is 23.7. The summed E-state index contributed by atoms with van der Waals surface area (Å²) >= 11 is 0. The molecule has 0 aliphatic carbocycles. The summed E-state index contributed by atoms with van der Waals surface area (Å²) in [5.74, 6) is -4.28. The highest BCUT2D eigenvalue weighted by Crippen LogP contribution is 2.47. The van der Waals surface area contributed by atoms with E-state index in [1.807, 2.05) is 30.3 Å². The fraction of sp³-hybridized carbons (Fsp3) is 0.675. The number of esters is 3. The molecule has 10 atom stereocenters. The number of aliphatic hydroxyl groups excluding tert-OH is 1. The Hall–Kier alpha value is -3.17. The lowest BCUT2D eigenvalue weighted by Crippen LogP contribution is -2.62. The number of carbonyl (C=O) groups is 3. The van der Waals surface area contributed by atoms with Crippen molar-refractivity contribution in [1.82, 2.24) is 0 Å². The molecule has 1 aromatic carbocycles. The van der Waals surface area contributed by atoms with Crippen molar-refractivity contribution in [2.24, 2.45) is 5.41 Å². The average molecular weight is 745 g/mol. The molecule has 4 aliphatic rings. The second-order valence-electron chi connectivity index (χ2n) is 15.1. The molecular weight excluding hydrogens is 688 g/mol. The molecule has 2 N–H and O–H groups in total. The number of hydrogen-bond donors (Lipinski definition) is 2. The third-order valence-electron chi connectivity index (χ3n) is 10.5. The van der Waals surface area contributed by atoms with Crippen LogP contribution in [-0.4, -0.2) is 103 Å². The van der Waals surface area contributed by atoms with Gasteiger partial charge in [-0.2, -0.15) is 0 Å². The van der Waals surface area contributed by atoms with E-state index in [9.17, 15) is 24.6 Å². The number of cyclic esters (lactones) is 1. The summed E-state index contributed by atoms with van der Waals surface area (Å²) in [7, 11) is 1.22. The average Bonchev–Trinajstić information content (AvgIpc) is 3.11. The molecule has 0 unspecified atom stereocenters. The zero-order valence-corrected chi connectivity index (χ0v) is 31.5. The quantitative estimate of drug-likeness (QED) is 0.180. The number of ether oxygens (including phenoxy) is 8. The van der Waals surface area contributed by atoms with Gasteiger partial charge >= 0.3 is 17.9 Å². The fourth-order valence-corrected chi connectivity index (χ4v) is 7.51. The number of carbonyl (C=O) groups excluding carboxylic acids is 3. The molecule has 0 saturated carbocycles. The maximum Gasteiger partial charge on any atom is 0.330 e. The molecule has 4 heterocycles. The smallest absolute Gasteiger partial charge is 0.330 e. The number of fused-ring (bicyclic) bond motifs is 6. The van der Waals surface area contributed by atoms with Crippen molar-refractivity contribution in [3.05, 3.63) is 59.7 Å². The Morgan fingerprint density at radius 1 is 1.00 bits per heavy atom. The standard InChI is InChI=1S/C40H56O13/c1-25(48-24-27-10-7-6-8-11-27)34-23-33-18-28(19-35(43)46-5)38(49-26(2)41)40(45,53-33)39(3,4)16-14-37-47-17-15-32(51-37)22-31-13-9-12-30(50-31)20-29(42)21-36(44)52-34/h6-8,10-11,14,16,19,25,29-34,37-38,42,45H,9,12-13,15,17-18,20-24H2,1-5H3/t25-,29-,30+,31-,32+,33+,34-,37+,38+,40-/m1/s1. The van der Waals surface area contributed by atoms with Gasteiger partial charge in [0.2, 0.25) is 5.79 Å². The third kappa shape index (κ3) is 11.2. The molecule has 6 bridgehead atoms. The molecule has 0 aromatic heterocycles. The van der Waals surface area contributed by atoms with Crippen LogP contribution in [0.15, 0.2) is 54.1 Å². The first-order valence-corrected chi connectivity index (χ1v) is 18.8. The van der Waals surface area contributed by atoms with E-state index in [0.29, 0.717) is 19.4 Å². The third-order valence-corrected chi connectivity index (χ3v) is 10.5. The van der Waals surface area contributed by atoms with Gasteiger partial charge in [0.15, 0.2) is 12.4 Å². The van der Waals surface area contributed by atoms with E-state index in [4.69, 9.17) is 37.9 Å². The highest BCUT2D eigenvalue weighted by atomic mass is 16.7. The minimum absolute atomic E-state index is 0.0218. The number of hydrogen-bond acceptors (Lipinski definition) is 13. The first kappa shape index (κ1) is 41.0. The van der Waals surface area contributed by atoms with Crippen LogP contribution in [0.2, 0.25) is 0 Å². The Kier molecular flexibility index (Phi) is 14.3. The van der Waals surface area contributed by atoms with Gasteiger partial charge < -0.3 is 48.1 Å². The summed E-state index contributed by atoms with van der Waals surface area (Å²) in [6.07, 6.45) is 2.54.